The van der Waals surface area contributed by atoms with Gasteiger partial charge in [0.2, 0.25) is 0 Å². The fourth-order valence-electron chi connectivity index (χ4n) is 2.48. The average molecular weight is 262 g/mol. The van der Waals surface area contributed by atoms with E-state index in [1.165, 1.54) is 0 Å². The molecule has 0 aromatic heterocycles. The minimum Gasteiger partial charge on any atom is -0.478 e. The predicted molar refractivity (Wildman–Crippen MR) is 82.7 cm³/mol. The fourth-order valence-corrected chi connectivity index (χ4v) is 2.48. The van der Waals surface area contributed by atoms with Gasteiger partial charge in [0.1, 0.15) is 0 Å². The van der Waals surface area contributed by atoms with Crippen LogP contribution < -0.4 is 0 Å². The second-order valence-electron chi connectivity index (χ2n) is 4.87. The van der Waals surface area contributed by atoms with Crippen LogP contribution in [0.25, 0.3) is 27.6 Å². The SMILES string of the molecule is CC(=Cc1c2ccccc2cc2ccccc12)C(=O)O. The maximum Gasteiger partial charge on any atom is 0.331 e. The van der Waals surface area contributed by atoms with E-state index in [0.29, 0.717) is 5.57 Å². The first kappa shape index (κ1) is 12.4. The topological polar surface area (TPSA) is 37.3 Å². The van der Waals surface area contributed by atoms with Gasteiger partial charge < -0.3 is 5.11 Å². The van der Waals surface area contributed by atoms with Crippen molar-refractivity contribution in [1.82, 2.24) is 0 Å². The van der Waals surface area contributed by atoms with Crippen LogP contribution in [0.3, 0.4) is 0 Å². The van der Waals surface area contributed by atoms with Gasteiger partial charge in [-0.15, -0.1) is 0 Å². The monoisotopic (exact) mass is 262 g/mol. The number of rotatable bonds is 2. The molecule has 0 bridgehead atoms. The van der Waals surface area contributed by atoms with Crippen LogP contribution in [0.4, 0.5) is 0 Å². The van der Waals surface area contributed by atoms with Gasteiger partial charge in [-0.3, -0.25) is 0 Å². The molecule has 0 aliphatic carbocycles. The summed E-state index contributed by atoms with van der Waals surface area (Å²) in [5, 5.41) is 13.5. The Labute approximate surface area is 117 Å². The Kier molecular flexibility index (Phi) is 2.99. The Morgan fingerprint density at radius 2 is 1.45 bits per heavy atom. The number of carboxylic acid groups (broad SMARTS) is 1. The molecule has 0 aliphatic rings. The lowest BCUT2D eigenvalue weighted by molar-refractivity contribution is -0.132. The molecular weight excluding hydrogens is 248 g/mol. The molecule has 20 heavy (non-hydrogen) atoms. The van der Waals surface area contributed by atoms with Crippen molar-refractivity contribution in [3.05, 3.63) is 65.7 Å². The summed E-state index contributed by atoms with van der Waals surface area (Å²) in [7, 11) is 0. The minimum atomic E-state index is -0.887. The summed E-state index contributed by atoms with van der Waals surface area (Å²) in [5.41, 5.74) is 1.31. The van der Waals surface area contributed by atoms with Gasteiger partial charge in [0.05, 0.1) is 0 Å². The molecule has 0 heterocycles. The van der Waals surface area contributed by atoms with E-state index in [4.69, 9.17) is 5.11 Å². The summed E-state index contributed by atoms with van der Waals surface area (Å²) >= 11 is 0. The van der Waals surface area contributed by atoms with Gasteiger partial charge in [0, 0.05) is 5.57 Å². The van der Waals surface area contributed by atoms with Crippen molar-refractivity contribution in [2.45, 2.75) is 6.92 Å². The average Bonchev–Trinajstić information content (AvgIpc) is 2.46. The zero-order valence-corrected chi connectivity index (χ0v) is 11.1. The maximum atomic E-state index is 11.1. The number of benzene rings is 3. The summed E-state index contributed by atoms with van der Waals surface area (Å²) in [5.74, 6) is -0.887. The Morgan fingerprint density at radius 1 is 0.950 bits per heavy atom. The van der Waals surface area contributed by atoms with Crippen LogP contribution >= 0.6 is 0 Å². The van der Waals surface area contributed by atoms with Crippen LogP contribution in [0.5, 0.6) is 0 Å². The largest absolute Gasteiger partial charge is 0.478 e. The lowest BCUT2D eigenvalue weighted by Crippen LogP contribution is -1.96. The van der Waals surface area contributed by atoms with Crippen LogP contribution in [-0.4, -0.2) is 11.1 Å². The number of carboxylic acids is 1. The van der Waals surface area contributed by atoms with Crippen molar-refractivity contribution in [2.24, 2.45) is 0 Å². The Morgan fingerprint density at radius 3 is 1.95 bits per heavy atom. The molecular formula is C18H14O2. The molecule has 0 fully saturated rings. The highest BCUT2D eigenvalue weighted by atomic mass is 16.4. The Balaban J connectivity index is 2.45. The van der Waals surface area contributed by atoms with Gasteiger partial charge in [-0.1, -0.05) is 48.5 Å². The van der Waals surface area contributed by atoms with Gasteiger partial charge >= 0.3 is 5.97 Å². The first-order valence-corrected chi connectivity index (χ1v) is 6.49. The number of hydrogen-bond donors (Lipinski definition) is 1. The highest BCUT2D eigenvalue weighted by molar-refractivity contribution is 6.08. The maximum absolute atomic E-state index is 11.1. The third kappa shape index (κ3) is 2.05. The molecule has 0 radical (unpaired) electrons. The quantitative estimate of drug-likeness (QED) is 0.546. The lowest BCUT2D eigenvalue weighted by Gasteiger charge is -2.09. The van der Waals surface area contributed by atoms with Gasteiger partial charge in [0.25, 0.3) is 0 Å². The molecule has 0 saturated carbocycles. The van der Waals surface area contributed by atoms with E-state index < -0.39 is 5.97 Å². The number of carbonyl (C=O) groups is 1. The zero-order valence-electron chi connectivity index (χ0n) is 11.1. The number of hydrogen-bond acceptors (Lipinski definition) is 1. The van der Waals surface area contributed by atoms with Crippen LogP contribution in [0.2, 0.25) is 0 Å². The van der Waals surface area contributed by atoms with Crippen LogP contribution in [-0.2, 0) is 4.79 Å². The van der Waals surface area contributed by atoms with Gasteiger partial charge in [-0.05, 0) is 46.2 Å². The molecule has 0 amide bonds. The smallest absolute Gasteiger partial charge is 0.331 e. The molecule has 1 N–H and O–H groups in total. The summed E-state index contributed by atoms with van der Waals surface area (Å²) in [6.45, 7) is 1.62. The molecule has 3 aromatic rings. The van der Waals surface area contributed by atoms with Crippen molar-refractivity contribution in [1.29, 1.82) is 0 Å². The molecule has 2 heteroatoms. The molecule has 98 valence electrons. The van der Waals surface area contributed by atoms with Gasteiger partial charge in [-0.25, -0.2) is 4.79 Å². The van der Waals surface area contributed by atoms with Gasteiger partial charge in [0.15, 0.2) is 0 Å². The molecule has 0 atom stereocenters. The van der Waals surface area contributed by atoms with E-state index in [1.54, 1.807) is 13.0 Å². The zero-order chi connectivity index (χ0) is 14.1. The second kappa shape index (κ2) is 4.82. The molecule has 3 aromatic carbocycles. The standard InChI is InChI=1S/C18H14O2/c1-12(18(19)20)10-17-15-8-4-2-6-13(15)11-14-7-3-5-9-16(14)17/h2-11H,1H3,(H,19,20). The highest BCUT2D eigenvalue weighted by Crippen LogP contribution is 2.30. The summed E-state index contributed by atoms with van der Waals surface area (Å²) in [6.07, 6.45) is 1.76. The van der Waals surface area contributed by atoms with Crippen molar-refractivity contribution in [2.75, 3.05) is 0 Å². The lowest BCUT2D eigenvalue weighted by atomic mass is 9.95. The molecule has 0 saturated heterocycles. The predicted octanol–water partition coefficient (Wildman–Crippen LogP) is 4.48. The van der Waals surface area contributed by atoms with Crippen LogP contribution in [0.15, 0.2) is 60.2 Å². The van der Waals surface area contributed by atoms with E-state index >= 15 is 0 Å². The highest BCUT2D eigenvalue weighted by Gasteiger charge is 2.07. The fraction of sp³-hybridized carbons (Fsp3) is 0.0556. The van der Waals surface area contributed by atoms with E-state index in [1.807, 2.05) is 36.4 Å². The summed E-state index contributed by atoms with van der Waals surface area (Å²) in [4.78, 5) is 11.1. The van der Waals surface area contributed by atoms with Crippen LogP contribution in [0.1, 0.15) is 12.5 Å². The van der Waals surface area contributed by atoms with Crippen LogP contribution in [0, 0.1) is 0 Å². The Hall–Kier alpha value is -2.61. The molecule has 0 unspecified atom stereocenters. The number of aliphatic carboxylic acids is 1. The molecule has 0 spiro atoms. The summed E-state index contributed by atoms with van der Waals surface area (Å²) < 4.78 is 0. The van der Waals surface area contributed by atoms with E-state index in [0.717, 1.165) is 27.1 Å². The van der Waals surface area contributed by atoms with Crippen molar-refractivity contribution in [3.63, 3.8) is 0 Å². The van der Waals surface area contributed by atoms with Crippen molar-refractivity contribution in [3.8, 4) is 0 Å². The third-order valence-corrected chi connectivity index (χ3v) is 3.51. The Bertz CT molecular complexity index is 790. The third-order valence-electron chi connectivity index (χ3n) is 3.51. The molecule has 2 nitrogen and oxygen atoms in total. The molecule has 3 rings (SSSR count). The normalized spacial score (nSPS) is 11.9. The van der Waals surface area contributed by atoms with Crippen molar-refractivity contribution < 1.29 is 9.90 Å². The summed E-state index contributed by atoms with van der Waals surface area (Å²) in [6, 6.07) is 18.2. The van der Waals surface area contributed by atoms with Gasteiger partial charge in [-0.2, -0.15) is 0 Å². The number of fused-ring (bicyclic) bond motifs is 2. The second-order valence-corrected chi connectivity index (χ2v) is 4.87. The van der Waals surface area contributed by atoms with E-state index in [-0.39, 0.29) is 0 Å². The van der Waals surface area contributed by atoms with Crippen molar-refractivity contribution >= 4 is 33.6 Å². The minimum absolute atomic E-state index is 0.339. The van der Waals surface area contributed by atoms with E-state index in [9.17, 15) is 4.79 Å². The first-order chi connectivity index (χ1) is 9.66. The molecule has 0 aliphatic heterocycles. The first-order valence-electron chi connectivity index (χ1n) is 6.49. The van der Waals surface area contributed by atoms with E-state index in [2.05, 4.69) is 18.2 Å².